The third-order valence-corrected chi connectivity index (χ3v) is 3.44. The highest BCUT2D eigenvalue weighted by molar-refractivity contribution is 5.79. The van der Waals surface area contributed by atoms with Crippen LogP contribution in [0.15, 0.2) is 4.99 Å². The summed E-state index contributed by atoms with van der Waals surface area (Å²) in [7, 11) is 2.23. The third kappa shape index (κ3) is 5.71. The quantitative estimate of drug-likeness (QED) is 0.561. The molecule has 106 valence electrons. The van der Waals surface area contributed by atoms with Crippen LogP contribution in [-0.2, 0) is 0 Å². The number of rotatable bonds is 6. The van der Waals surface area contributed by atoms with Gasteiger partial charge in [-0.25, -0.2) is 0 Å². The Morgan fingerprint density at radius 3 is 2.56 bits per heavy atom. The maximum Gasteiger partial charge on any atom is 0.191 e. The maximum absolute atomic E-state index is 4.62. The SMILES string of the molecule is CCNC(=NCCN(C)C1CCCC1)NC(C)C. The summed E-state index contributed by atoms with van der Waals surface area (Å²) in [5.41, 5.74) is 0. The van der Waals surface area contributed by atoms with Gasteiger partial charge in [0.25, 0.3) is 0 Å². The third-order valence-electron chi connectivity index (χ3n) is 3.44. The Morgan fingerprint density at radius 1 is 1.33 bits per heavy atom. The van der Waals surface area contributed by atoms with E-state index < -0.39 is 0 Å². The van der Waals surface area contributed by atoms with Gasteiger partial charge in [0.2, 0.25) is 0 Å². The fraction of sp³-hybridized carbons (Fsp3) is 0.929. The van der Waals surface area contributed by atoms with Crippen molar-refractivity contribution in [3.63, 3.8) is 0 Å². The molecule has 18 heavy (non-hydrogen) atoms. The van der Waals surface area contributed by atoms with E-state index in [1.807, 2.05) is 0 Å². The Balaban J connectivity index is 2.30. The van der Waals surface area contributed by atoms with Crippen LogP contribution in [0.3, 0.4) is 0 Å². The molecule has 0 radical (unpaired) electrons. The zero-order valence-corrected chi connectivity index (χ0v) is 12.5. The molecule has 0 aromatic rings. The van der Waals surface area contributed by atoms with Crippen LogP contribution in [0.5, 0.6) is 0 Å². The standard InChI is InChI=1S/C14H30N4/c1-5-15-14(17-12(2)3)16-10-11-18(4)13-8-6-7-9-13/h12-13H,5-11H2,1-4H3,(H2,15,16,17). The Hall–Kier alpha value is -0.770. The van der Waals surface area contributed by atoms with Crippen molar-refractivity contribution < 1.29 is 0 Å². The Labute approximate surface area is 112 Å². The number of nitrogens with one attached hydrogen (secondary N) is 2. The summed E-state index contributed by atoms with van der Waals surface area (Å²) in [6.45, 7) is 9.21. The zero-order chi connectivity index (χ0) is 13.4. The molecule has 0 spiro atoms. The molecule has 0 aliphatic heterocycles. The average molecular weight is 254 g/mol. The number of hydrogen-bond acceptors (Lipinski definition) is 2. The topological polar surface area (TPSA) is 39.7 Å². The largest absolute Gasteiger partial charge is 0.357 e. The molecule has 1 saturated carbocycles. The molecule has 0 heterocycles. The van der Waals surface area contributed by atoms with Gasteiger partial charge in [0.05, 0.1) is 6.54 Å². The fourth-order valence-corrected chi connectivity index (χ4v) is 2.44. The van der Waals surface area contributed by atoms with Crippen LogP contribution in [0, 0.1) is 0 Å². The molecular weight excluding hydrogens is 224 g/mol. The summed E-state index contributed by atoms with van der Waals surface area (Å²) in [6, 6.07) is 1.22. The van der Waals surface area contributed by atoms with Crippen molar-refractivity contribution in [1.29, 1.82) is 0 Å². The molecule has 0 saturated heterocycles. The monoisotopic (exact) mass is 254 g/mol. The van der Waals surface area contributed by atoms with E-state index in [1.54, 1.807) is 0 Å². The Morgan fingerprint density at radius 2 is 2.00 bits per heavy atom. The van der Waals surface area contributed by atoms with Gasteiger partial charge in [-0.2, -0.15) is 0 Å². The van der Waals surface area contributed by atoms with E-state index in [1.165, 1.54) is 25.7 Å². The van der Waals surface area contributed by atoms with Gasteiger partial charge in [0, 0.05) is 25.2 Å². The molecule has 0 aromatic heterocycles. The highest BCUT2D eigenvalue weighted by atomic mass is 15.2. The summed E-state index contributed by atoms with van der Waals surface area (Å²) in [4.78, 5) is 7.09. The van der Waals surface area contributed by atoms with Gasteiger partial charge in [-0.3, -0.25) is 4.99 Å². The molecule has 1 rings (SSSR count). The smallest absolute Gasteiger partial charge is 0.191 e. The first-order chi connectivity index (χ1) is 8.63. The second-order valence-electron chi connectivity index (χ2n) is 5.48. The van der Waals surface area contributed by atoms with Crippen LogP contribution < -0.4 is 10.6 Å². The Kier molecular flexibility index (Phi) is 7.09. The first-order valence-electron chi connectivity index (χ1n) is 7.38. The molecule has 0 unspecified atom stereocenters. The molecule has 0 atom stereocenters. The molecular formula is C14H30N4. The van der Waals surface area contributed by atoms with Crippen LogP contribution in [0.1, 0.15) is 46.5 Å². The minimum Gasteiger partial charge on any atom is -0.357 e. The molecule has 0 bridgehead atoms. The van der Waals surface area contributed by atoms with Crippen molar-refractivity contribution in [3.8, 4) is 0 Å². The number of hydrogen-bond donors (Lipinski definition) is 2. The highest BCUT2D eigenvalue weighted by Gasteiger charge is 2.18. The van der Waals surface area contributed by atoms with Gasteiger partial charge in [-0.1, -0.05) is 12.8 Å². The van der Waals surface area contributed by atoms with Crippen molar-refractivity contribution in [1.82, 2.24) is 15.5 Å². The predicted molar refractivity (Wildman–Crippen MR) is 79.1 cm³/mol. The van der Waals surface area contributed by atoms with Gasteiger partial charge in [-0.05, 0) is 40.7 Å². The molecule has 4 heteroatoms. The van der Waals surface area contributed by atoms with Crippen LogP contribution in [-0.4, -0.2) is 49.6 Å². The molecule has 0 aromatic carbocycles. The molecule has 1 fully saturated rings. The van der Waals surface area contributed by atoms with E-state index in [9.17, 15) is 0 Å². The van der Waals surface area contributed by atoms with Crippen LogP contribution in [0.25, 0.3) is 0 Å². The highest BCUT2D eigenvalue weighted by Crippen LogP contribution is 2.21. The van der Waals surface area contributed by atoms with E-state index in [0.717, 1.165) is 31.6 Å². The zero-order valence-electron chi connectivity index (χ0n) is 12.5. The lowest BCUT2D eigenvalue weighted by atomic mass is 10.2. The first-order valence-corrected chi connectivity index (χ1v) is 7.38. The molecule has 1 aliphatic carbocycles. The average Bonchev–Trinajstić information content (AvgIpc) is 2.81. The number of aliphatic imine (C=N–C) groups is 1. The predicted octanol–water partition coefficient (Wildman–Crippen LogP) is 1.82. The van der Waals surface area contributed by atoms with Crippen LogP contribution >= 0.6 is 0 Å². The van der Waals surface area contributed by atoms with Crippen molar-refractivity contribution >= 4 is 5.96 Å². The summed E-state index contributed by atoms with van der Waals surface area (Å²) in [6.07, 6.45) is 5.53. The van der Waals surface area contributed by atoms with E-state index in [-0.39, 0.29) is 0 Å². The van der Waals surface area contributed by atoms with Gasteiger partial charge < -0.3 is 15.5 Å². The molecule has 4 nitrogen and oxygen atoms in total. The van der Waals surface area contributed by atoms with E-state index in [0.29, 0.717) is 6.04 Å². The Bertz CT molecular complexity index is 244. The molecule has 1 aliphatic rings. The first kappa shape index (κ1) is 15.3. The summed E-state index contributed by atoms with van der Waals surface area (Å²) in [5.74, 6) is 0.937. The lowest BCUT2D eigenvalue weighted by molar-refractivity contribution is 0.252. The number of likely N-dealkylation sites (N-methyl/N-ethyl adjacent to an activating group) is 1. The van der Waals surface area contributed by atoms with Gasteiger partial charge in [-0.15, -0.1) is 0 Å². The number of nitrogens with zero attached hydrogens (tertiary/aromatic N) is 2. The van der Waals surface area contributed by atoms with E-state index >= 15 is 0 Å². The minimum atomic E-state index is 0.426. The van der Waals surface area contributed by atoms with Gasteiger partial charge >= 0.3 is 0 Å². The molecule has 2 N–H and O–H groups in total. The maximum atomic E-state index is 4.62. The van der Waals surface area contributed by atoms with Crippen molar-refractivity contribution in [2.45, 2.75) is 58.5 Å². The molecule has 0 amide bonds. The van der Waals surface area contributed by atoms with Crippen LogP contribution in [0.4, 0.5) is 0 Å². The second-order valence-corrected chi connectivity index (χ2v) is 5.48. The number of guanidine groups is 1. The fourth-order valence-electron chi connectivity index (χ4n) is 2.44. The minimum absolute atomic E-state index is 0.426. The van der Waals surface area contributed by atoms with Gasteiger partial charge in [0.15, 0.2) is 5.96 Å². The van der Waals surface area contributed by atoms with Crippen molar-refractivity contribution in [3.05, 3.63) is 0 Å². The van der Waals surface area contributed by atoms with Crippen molar-refractivity contribution in [2.75, 3.05) is 26.7 Å². The van der Waals surface area contributed by atoms with E-state index in [2.05, 4.69) is 48.3 Å². The second kappa shape index (κ2) is 8.35. The van der Waals surface area contributed by atoms with Gasteiger partial charge in [0.1, 0.15) is 0 Å². The lowest BCUT2D eigenvalue weighted by Gasteiger charge is -2.23. The van der Waals surface area contributed by atoms with E-state index in [4.69, 9.17) is 0 Å². The summed E-state index contributed by atoms with van der Waals surface area (Å²) < 4.78 is 0. The summed E-state index contributed by atoms with van der Waals surface area (Å²) in [5, 5.41) is 6.62. The summed E-state index contributed by atoms with van der Waals surface area (Å²) >= 11 is 0. The lowest BCUT2D eigenvalue weighted by Crippen LogP contribution is -2.41. The van der Waals surface area contributed by atoms with Crippen LogP contribution in [0.2, 0.25) is 0 Å². The normalized spacial score (nSPS) is 17.8. The van der Waals surface area contributed by atoms with Crippen molar-refractivity contribution in [2.24, 2.45) is 4.99 Å².